The number of rotatable bonds is 5. The van der Waals surface area contributed by atoms with Gasteiger partial charge in [0.2, 0.25) is 0 Å². The lowest BCUT2D eigenvalue weighted by atomic mass is 10.4. The fraction of sp³-hybridized carbons (Fsp3) is 0.583. The minimum absolute atomic E-state index is 0.796. The SMILES string of the molecule is COc1ccc(NCCN2CCCC2)nc1. The summed E-state index contributed by atoms with van der Waals surface area (Å²) < 4.78 is 5.06. The number of likely N-dealkylation sites (tertiary alicyclic amines) is 1. The van der Waals surface area contributed by atoms with Crippen LogP contribution in [-0.2, 0) is 0 Å². The summed E-state index contributed by atoms with van der Waals surface area (Å²) >= 11 is 0. The first-order valence-electron chi connectivity index (χ1n) is 5.85. The van der Waals surface area contributed by atoms with E-state index < -0.39 is 0 Å². The second-order valence-corrected chi connectivity index (χ2v) is 4.06. The van der Waals surface area contributed by atoms with Gasteiger partial charge in [-0.15, -0.1) is 0 Å². The fourth-order valence-corrected chi connectivity index (χ4v) is 1.95. The summed E-state index contributed by atoms with van der Waals surface area (Å²) in [5.74, 6) is 1.71. The van der Waals surface area contributed by atoms with E-state index in [0.717, 1.165) is 24.7 Å². The van der Waals surface area contributed by atoms with Crippen molar-refractivity contribution in [2.45, 2.75) is 12.8 Å². The average molecular weight is 221 g/mol. The van der Waals surface area contributed by atoms with Gasteiger partial charge in [0.25, 0.3) is 0 Å². The first kappa shape index (κ1) is 11.2. The van der Waals surface area contributed by atoms with Gasteiger partial charge >= 0.3 is 0 Å². The second kappa shape index (κ2) is 5.70. The van der Waals surface area contributed by atoms with Crippen LogP contribution in [0.25, 0.3) is 0 Å². The summed E-state index contributed by atoms with van der Waals surface area (Å²) in [6, 6.07) is 3.87. The molecule has 0 atom stereocenters. The number of methoxy groups -OCH3 is 1. The van der Waals surface area contributed by atoms with Gasteiger partial charge in [-0.3, -0.25) is 0 Å². The van der Waals surface area contributed by atoms with Crippen LogP contribution in [0.2, 0.25) is 0 Å². The Labute approximate surface area is 96.6 Å². The molecule has 0 amide bonds. The molecule has 1 aliphatic rings. The zero-order valence-corrected chi connectivity index (χ0v) is 9.78. The minimum Gasteiger partial charge on any atom is -0.495 e. The zero-order valence-electron chi connectivity index (χ0n) is 9.78. The third-order valence-corrected chi connectivity index (χ3v) is 2.90. The Morgan fingerprint density at radius 3 is 2.81 bits per heavy atom. The number of nitrogens with one attached hydrogen (secondary N) is 1. The molecule has 4 nitrogen and oxygen atoms in total. The number of ether oxygens (including phenoxy) is 1. The lowest BCUT2D eigenvalue weighted by Gasteiger charge is -2.14. The summed E-state index contributed by atoms with van der Waals surface area (Å²) in [5.41, 5.74) is 0. The average Bonchev–Trinajstić information content (AvgIpc) is 2.83. The molecule has 0 aromatic carbocycles. The molecule has 1 N–H and O–H groups in total. The molecule has 0 spiro atoms. The van der Waals surface area contributed by atoms with Gasteiger partial charge in [0.15, 0.2) is 0 Å². The monoisotopic (exact) mass is 221 g/mol. The highest BCUT2D eigenvalue weighted by Gasteiger charge is 2.10. The first-order chi connectivity index (χ1) is 7.88. The Morgan fingerprint density at radius 1 is 1.38 bits per heavy atom. The highest BCUT2D eigenvalue weighted by molar-refractivity contribution is 5.37. The highest BCUT2D eigenvalue weighted by Crippen LogP contribution is 2.11. The molecular formula is C12H19N3O. The number of hydrogen-bond donors (Lipinski definition) is 1. The van der Waals surface area contributed by atoms with Crippen molar-refractivity contribution in [2.24, 2.45) is 0 Å². The van der Waals surface area contributed by atoms with Crippen LogP contribution in [0.5, 0.6) is 5.75 Å². The Bertz CT molecular complexity index is 307. The maximum Gasteiger partial charge on any atom is 0.137 e. The van der Waals surface area contributed by atoms with E-state index in [4.69, 9.17) is 4.74 Å². The molecule has 0 unspecified atom stereocenters. The third-order valence-electron chi connectivity index (χ3n) is 2.90. The van der Waals surface area contributed by atoms with Crippen molar-refractivity contribution < 1.29 is 4.74 Å². The molecule has 0 saturated carbocycles. The zero-order chi connectivity index (χ0) is 11.2. The lowest BCUT2D eigenvalue weighted by Crippen LogP contribution is -2.26. The Morgan fingerprint density at radius 2 is 2.19 bits per heavy atom. The van der Waals surface area contributed by atoms with Crippen LogP contribution in [0.1, 0.15) is 12.8 Å². The second-order valence-electron chi connectivity index (χ2n) is 4.06. The van der Waals surface area contributed by atoms with Crippen molar-refractivity contribution in [1.82, 2.24) is 9.88 Å². The van der Waals surface area contributed by atoms with Crippen LogP contribution in [0.15, 0.2) is 18.3 Å². The molecule has 2 rings (SSSR count). The quantitative estimate of drug-likeness (QED) is 0.819. The van der Waals surface area contributed by atoms with E-state index in [1.54, 1.807) is 13.3 Å². The van der Waals surface area contributed by atoms with E-state index in [9.17, 15) is 0 Å². The molecule has 0 aliphatic carbocycles. The summed E-state index contributed by atoms with van der Waals surface area (Å²) in [6.07, 6.45) is 4.43. The van der Waals surface area contributed by atoms with Gasteiger partial charge in [0, 0.05) is 13.1 Å². The Hall–Kier alpha value is -1.29. The van der Waals surface area contributed by atoms with Crippen molar-refractivity contribution in [2.75, 3.05) is 38.6 Å². The number of anilines is 1. The van der Waals surface area contributed by atoms with Crippen molar-refractivity contribution in [3.63, 3.8) is 0 Å². The largest absolute Gasteiger partial charge is 0.495 e. The van der Waals surface area contributed by atoms with E-state index in [1.165, 1.54) is 25.9 Å². The fourth-order valence-electron chi connectivity index (χ4n) is 1.95. The Balaban J connectivity index is 1.71. The predicted molar refractivity (Wildman–Crippen MR) is 65.0 cm³/mol. The molecule has 4 heteroatoms. The van der Waals surface area contributed by atoms with E-state index in [-0.39, 0.29) is 0 Å². The smallest absolute Gasteiger partial charge is 0.137 e. The van der Waals surface area contributed by atoms with Crippen molar-refractivity contribution >= 4 is 5.82 Å². The van der Waals surface area contributed by atoms with Gasteiger partial charge in [-0.05, 0) is 38.1 Å². The molecular weight excluding hydrogens is 202 g/mol. The normalized spacial score (nSPS) is 16.3. The topological polar surface area (TPSA) is 37.4 Å². The molecule has 1 aliphatic heterocycles. The highest BCUT2D eigenvalue weighted by atomic mass is 16.5. The summed E-state index contributed by atoms with van der Waals surface area (Å²) in [6.45, 7) is 4.56. The van der Waals surface area contributed by atoms with E-state index in [0.29, 0.717) is 0 Å². The van der Waals surface area contributed by atoms with Crippen LogP contribution in [0.3, 0.4) is 0 Å². The van der Waals surface area contributed by atoms with Gasteiger partial charge in [-0.2, -0.15) is 0 Å². The van der Waals surface area contributed by atoms with Crippen LogP contribution in [0.4, 0.5) is 5.82 Å². The summed E-state index contributed by atoms with van der Waals surface area (Å²) in [7, 11) is 1.65. The number of aromatic nitrogens is 1. The predicted octanol–water partition coefficient (Wildman–Crippen LogP) is 1.60. The van der Waals surface area contributed by atoms with Crippen molar-refractivity contribution in [1.29, 1.82) is 0 Å². The molecule has 0 radical (unpaired) electrons. The van der Waals surface area contributed by atoms with Crippen LogP contribution >= 0.6 is 0 Å². The van der Waals surface area contributed by atoms with Crippen molar-refractivity contribution in [3.8, 4) is 5.75 Å². The van der Waals surface area contributed by atoms with E-state index in [2.05, 4.69) is 15.2 Å². The van der Waals surface area contributed by atoms with Crippen molar-refractivity contribution in [3.05, 3.63) is 18.3 Å². The van der Waals surface area contributed by atoms with E-state index in [1.807, 2.05) is 12.1 Å². The molecule has 1 saturated heterocycles. The van der Waals surface area contributed by atoms with Gasteiger partial charge in [-0.1, -0.05) is 0 Å². The summed E-state index contributed by atoms with van der Waals surface area (Å²) in [4.78, 5) is 6.74. The number of nitrogens with zero attached hydrogens (tertiary/aromatic N) is 2. The maximum absolute atomic E-state index is 5.06. The first-order valence-corrected chi connectivity index (χ1v) is 5.85. The summed E-state index contributed by atoms with van der Waals surface area (Å²) in [5, 5.41) is 3.31. The van der Waals surface area contributed by atoms with Gasteiger partial charge in [-0.25, -0.2) is 4.98 Å². The van der Waals surface area contributed by atoms with Crippen LogP contribution in [0, 0.1) is 0 Å². The minimum atomic E-state index is 0.796. The maximum atomic E-state index is 5.06. The molecule has 1 aromatic rings. The standard InChI is InChI=1S/C12H19N3O/c1-16-11-4-5-12(14-10-11)13-6-9-15-7-2-3-8-15/h4-5,10H,2-3,6-9H2,1H3,(H,13,14). The van der Waals surface area contributed by atoms with Gasteiger partial charge in [0.05, 0.1) is 13.3 Å². The van der Waals surface area contributed by atoms with Gasteiger partial charge < -0.3 is 15.0 Å². The molecule has 0 bridgehead atoms. The lowest BCUT2D eigenvalue weighted by molar-refractivity contribution is 0.352. The molecule has 88 valence electrons. The molecule has 16 heavy (non-hydrogen) atoms. The Kier molecular flexibility index (Phi) is 3.99. The number of pyridine rings is 1. The van der Waals surface area contributed by atoms with Crippen LogP contribution in [-0.4, -0.2) is 43.2 Å². The molecule has 1 fully saturated rings. The third kappa shape index (κ3) is 3.10. The van der Waals surface area contributed by atoms with Crippen LogP contribution < -0.4 is 10.1 Å². The van der Waals surface area contributed by atoms with E-state index >= 15 is 0 Å². The molecule has 1 aromatic heterocycles. The molecule has 2 heterocycles. The van der Waals surface area contributed by atoms with Gasteiger partial charge in [0.1, 0.15) is 11.6 Å². The number of hydrogen-bond acceptors (Lipinski definition) is 4.